The first kappa shape index (κ1) is 12.2. The van der Waals surface area contributed by atoms with Gasteiger partial charge in [0.25, 0.3) is 0 Å². The zero-order valence-electron chi connectivity index (χ0n) is 10.7. The number of hydrogen-bond donors (Lipinski definition) is 1. The molecule has 1 aromatic carbocycles. The molecule has 0 amide bonds. The number of fused-ring (bicyclic) bond motifs is 1. The Bertz CT molecular complexity index is 614. The fraction of sp³-hybridized carbons (Fsp3) is 0.429. The number of para-hydroxylation sites is 1. The number of carbonyl (C=O) groups is 1. The van der Waals surface area contributed by atoms with Gasteiger partial charge in [-0.15, -0.1) is 0 Å². The third-order valence-electron chi connectivity index (χ3n) is 3.69. The first-order valence-electron chi connectivity index (χ1n) is 6.51. The van der Waals surface area contributed by atoms with Gasteiger partial charge in [0.2, 0.25) is 0 Å². The zero-order chi connectivity index (χ0) is 13.4. The monoisotopic (exact) mass is 260 g/mol. The van der Waals surface area contributed by atoms with Gasteiger partial charge in [0.15, 0.2) is 0 Å². The Labute approximate surface area is 110 Å². The molecule has 0 atom stereocenters. The highest BCUT2D eigenvalue weighted by atomic mass is 16.5. The van der Waals surface area contributed by atoms with Crippen molar-refractivity contribution in [3.8, 4) is 0 Å². The van der Waals surface area contributed by atoms with E-state index in [2.05, 4.69) is 4.98 Å². The molecule has 0 bridgehead atoms. The van der Waals surface area contributed by atoms with Crippen molar-refractivity contribution < 1.29 is 14.6 Å². The highest BCUT2D eigenvalue weighted by Gasteiger charge is 2.32. The number of rotatable bonds is 4. The highest BCUT2D eigenvalue weighted by molar-refractivity contribution is 6.01. The molecule has 0 spiro atoms. The van der Waals surface area contributed by atoms with E-state index in [0.29, 0.717) is 17.7 Å². The Morgan fingerprint density at radius 1 is 1.53 bits per heavy atom. The maximum atomic E-state index is 11.3. The number of aromatic carboxylic acids is 1. The van der Waals surface area contributed by atoms with Gasteiger partial charge in [0.1, 0.15) is 0 Å². The molecule has 100 valence electrons. The molecule has 0 aliphatic heterocycles. The van der Waals surface area contributed by atoms with Crippen molar-refractivity contribution in [2.75, 3.05) is 6.61 Å². The van der Waals surface area contributed by atoms with Crippen LogP contribution in [0.1, 0.15) is 36.2 Å². The minimum atomic E-state index is -0.909. The van der Waals surface area contributed by atoms with E-state index in [9.17, 15) is 9.90 Å². The summed E-state index contributed by atoms with van der Waals surface area (Å²) in [6.45, 7) is 2.71. The van der Waals surface area contributed by atoms with Gasteiger partial charge in [0, 0.05) is 12.6 Å². The number of hydrogen-bond acceptors (Lipinski definition) is 3. The van der Waals surface area contributed by atoms with Crippen LogP contribution in [0.15, 0.2) is 24.5 Å². The van der Waals surface area contributed by atoms with Crippen LogP contribution < -0.4 is 0 Å². The van der Waals surface area contributed by atoms with E-state index in [1.807, 2.05) is 17.6 Å². The van der Waals surface area contributed by atoms with Gasteiger partial charge < -0.3 is 14.4 Å². The number of benzene rings is 1. The Morgan fingerprint density at radius 3 is 3.00 bits per heavy atom. The Kier molecular flexibility index (Phi) is 2.98. The van der Waals surface area contributed by atoms with Gasteiger partial charge in [-0.3, -0.25) is 0 Å². The lowest BCUT2D eigenvalue weighted by Crippen LogP contribution is -2.33. The molecule has 1 heterocycles. The van der Waals surface area contributed by atoms with Crippen LogP contribution in [0, 0.1) is 0 Å². The van der Waals surface area contributed by atoms with Gasteiger partial charge in [0.05, 0.1) is 29.0 Å². The molecule has 1 N–H and O–H groups in total. The Balaban J connectivity index is 1.95. The summed E-state index contributed by atoms with van der Waals surface area (Å²) < 4.78 is 7.53. The van der Waals surface area contributed by atoms with Crippen LogP contribution >= 0.6 is 0 Å². The molecule has 1 fully saturated rings. The quantitative estimate of drug-likeness (QED) is 0.917. The van der Waals surface area contributed by atoms with Crippen molar-refractivity contribution >= 4 is 17.0 Å². The third kappa shape index (κ3) is 2.00. The van der Waals surface area contributed by atoms with Crippen LogP contribution in [-0.4, -0.2) is 33.3 Å². The normalized spacial score (nSPS) is 22.4. The van der Waals surface area contributed by atoms with E-state index in [0.717, 1.165) is 30.5 Å². The number of carboxylic acids is 1. The number of carboxylic acid groups (broad SMARTS) is 1. The number of ether oxygens (including phenoxy) is 1. The average molecular weight is 260 g/mol. The molecule has 5 nitrogen and oxygen atoms in total. The minimum absolute atomic E-state index is 0.294. The van der Waals surface area contributed by atoms with Crippen molar-refractivity contribution in [2.45, 2.75) is 31.9 Å². The van der Waals surface area contributed by atoms with Gasteiger partial charge >= 0.3 is 5.97 Å². The van der Waals surface area contributed by atoms with Crippen LogP contribution in [0.2, 0.25) is 0 Å². The Hall–Kier alpha value is -1.88. The summed E-state index contributed by atoms with van der Waals surface area (Å²) in [6.07, 6.45) is 3.88. The van der Waals surface area contributed by atoms with Gasteiger partial charge in [-0.2, -0.15) is 0 Å². The molecule has 2 aromatic rings. The van der Waals surface area contributed by atoms with Crippen molar-refractivity contribution in [3.05, 3.63) is 30.1 Å². The summed E-state index contributed by atoms with van der Waals surface area (Å²) in [5, 5.41) is 9.27. The predicted octanol–water partition coefficient (Wildman–Crippen LogP) is 2.47. The van der Waals surface area contributed by atoms with E-state index in [1.165, 1.54) is 0 Å². The van der Waals surface area contributed by atoms with Gasteiger partial charge in [-0.05, 0) is 31.9 Å². The predicted molar refractivity (Wildman–Crippen MR) is 70.4 cm³/mol. The number of aromatic nitrogens is 2. The van der Waals surface area contributed by atoms with Crippen molar-refractivity contribution in [3.63, 3.8) is 0 Å². The van der Waals surface area contributed by atoms with Crippen molar-refractivity contribution in [1.29, 1.82) is 0 Å². The highest BCUT2D eigenvalue weighted by Crippen LogP contribution is 2.37. The van der Waals surface area contributed by atoms with E-state index in [1.54, 1.807) is 18.5 Å². The smallest absolute Gasteiger partial charge is 0.337 e. The molecular weight excluding hydrogens is 244 g/mol. The van der Waals surface area contributed by atoms with E-state index >= 15 is 0 Å². The van der Waals surface area contributed by atoms with Crippen molar-refractivity contribution in [2.24, 2.45) is 0 Å². The lowest BCUT2D eigenvalue weighted by atomic mass is 9.88. The van der Waals surface area contributed by atoms with Crippen LogP contribution in [0.25, 0.3) is 11.0 Å². The van der Waals surface area contributed by atoms with Crippen molar-refractivity contribution in [1.82, 2.24) is 9.55 Å². The van der Waals surface area contributed by atoms with E-state index < -0.39 is 5.97 Å². The molecule has 1 aromatic heterocycles. The summed E-state index contributed by atoms with van der Waals surface area (Å²) in [4.78, 5) is 15.6. The molecule has 1 aliphatic carbocycles. The molecule has 3 rings (SSSR count). The maximum absolute atomic E-state index is 11.3. The SMILES string of the molecule is CCOC1CC(n2cnc3cccc(C(=O)O)c32)C1. The molecule has 1 saturated carbocycles. The third-order valence-corrected chi connectivity index (χ3v) is 3.69. The molecular formula is C14H16N2O3. The fourth-order valence-corrected chi connectivity index (χ4v) is 2.68. The largest absolute Gasteiger partial charge is 0.478 e. The minimum Gasteiger partial charge on any atom is -0.478 e. The van der Waals surface area contributed by atoms with Gasteiger partial charge in [-0.1, -0.05) is 6.07 Å². The Morgan fingerprint density at radius 2 is 2.32 bits per heavy atom. The lowest BCUT2D eigenvalue weighted by molar-refractivity contribution is -0.0187. The summed E-state index contributed by atoms with van der Waals surface area (Å²) in [5.41, 5.74) is 1.77. The maximum Gasteiger partial charge on any atom is 0.337 e. The van der Waals surface area contributed by atoms with Crippen LogP contribution in [0.4, 0.5) is 0 Å². The number of nitrogens with zero attached hydrogens (tertiary/aromatic N) is 2. The molecule has 1 aliphatic rings. The molecule has 0 saturated heterocycles. The molecule has 0 unspecified atom stereocenters. The van der Waals surface area contributed by atoms with Gasteiger partial charge in [-0.25, -0.2) is 9.78 Å². The topological polar surface area (TPSA) is 64.4 Å². The average Bonchev–Trinajstić information content (AvgIpc) is 2.76. The summed E-state index contributed by atoms with van der Waals surface area (Å²) >= 11 is 0. The summed E-state index contributed by atoms with van der Waals surface area (Å²) in [5.74, 6) is -0.909. The second kappa shape index (κ2) is 4.66. The molecule has 19 heavy (non-hydrogen) atoms. The second-order valence-electron chi connectivity index (χ2n) is 4.83. The van der Waals surface area contributed by atoms with Crippen LogP contribution in [-0.2, 0) is 4.74 Å². The standard InChI is InChI=1S/C14H16N2O3/c1-2-19-10-6-9(7-10)16-8-15-12-5-3-4-11(13(12)16)14(17)18/h3-5,8-10H,2,6-7H2,1H3,(H,17,18). The summed E-state index contributed by atoms with van der Waals surface area (Å²) in [6, 6.07) is 5.49. The van der Waals surface area contributed by atoms with E-state index in [-0.39, 0.29) is 0 Å². The summed E-state index contributed by atoms with van der Waals surface area (Å²) in [7, 11) is 0. The van der Waals surface area contributed by atoms with Crippen LogP contribution in [0.3, 0.4) is 0 Å². The zero-order valence-corrected chi connectivity index (χ0v) is 10.7. The van der Waals surface area contributed by atoms with Crippen LogP contribution in [0.5, 0.6) is 0 Å². The molecule has 5 heteroatoms. The first-order valence-corrected chi connectivity index (χ1v) is 6.51. The fourth-order valence-electron chi connectivity index (χ4n) is 2.68. The van der Waals surface area contributed by atoms with E-state index in [4.69, 9.17) is 4.74 Å². The second-order valence-corrected chi connectivity index (χ2v) is 4.83. The first-order chi connectivity index (χ1) is 9.20. The number of imidazole rings is 1. The lowest BCUT2D eigenvalue weighted by Gasteiger charge is -2.36. The molecule has 0 radical (unpaired) electrons.